The molecular weight excluding hydrogens is 534 g/mol. The molecule has 1 aliphatic carbocycles. The van der Waals surface area contributed by atoms with Crippen molar-refractivity contribution in [3.8, 4) is 12.3 Å². The number of hydrogen-bond acceptors (Lipinski definition) is 8. The van der Waals surface area contributed by atoms with Gasteiger partial charge in [0.15, 0.2) is 0 Å². The summed E-state index contributed by atoms with van der Waals surface area (Å²) in [6, 6.07) is 10.1. The molecule has 2 rings (SSSR count). The maximum absolute atomic E-state index is 12.2. The second-order valence-electron chi connectivity index (χ2n) is 11.9. The molecule has 0 aliphatic heterocycles. The fraction of sp³-hybridized carbons (Fsp3) is 0.647. The van der Waals surface area contributed by atoms with E-state index in [1.54, 1.807) is 0 Å². The smallest absolute Gasteiger partial charge is 0.305 e. The SMILES string of the molecule is C#CCCCC(=O)OCC(C)(CN)COC(=O)CCC/C=C\C[C@@H]1[C@@H](CC[C@@H](O)CCc2ccccc2)[C@H](O)C[C@@H]1O. The number of aliphatic hydroxyl groups is 3. The van der Waals surface area contributed by atoms with Gasteiger partial charge in [-0.3, -0.25) is 9.59 Å². The minimum absolute atomic E-state index is 0.0509. The predicted octanol–water partition coefficient (Wildman–Crippen LogP) is 4.09. The molecule has 5 N–H and O–H groups in total. The molecule has 6 atom stereocenters. The van der Waals surface area contributed by atoms with E-state index in [4.69, 9.17) is 21.6 Å². The molecule has 42 heavy (non-hydrogen) atoms. The molecular formula is C34H51NO7. The average molecular weight is 586 g/mol. The van der Waals surface area contributed by atoms with Gasteiger partial charge in [0.25, 0.3) is 0 Å². The van der Waals surface area contributed by atoms with Gasteiger partial charge in [-0.05, 0) is 75.2 Å². The van der Waals surface area contributed by atoms with Crippen LogP contribution < -0.4 is 5.73 Å². The van der Waals surface area contributed by atoms with Crippen molar-refractivity contribution in [1.29, 1.82) is 0 Å². The highest BCUT2D eigenvalue weighted by Crippen LogP contribution is 2.38. The van der Waals surface area contributed by atoms with Crippen LogP contribution in [0, 0.1) is 29.6 Å². The quantitative estimate of drug-likeness (QED) is 0.0777. The van der Waals surface area contributed by atoms with Crippen molar-refractivity contribution in [1.82, 2.24) is 0 Å². The third kappa shape index (κ3) is 13.5. The third-order valence-electron chi connectivity index (χ3n) is 8.15. The molecule has 0 spiro atoms. The summed E-state index contributed by atoms with van der Waals surface area (Å²) in [7, 11) is 0. The van der Waals surface area contributed by atoms with Gasteiger partial charge in [-0.1, -0.05) is 49.4 Å². The van der Waals surface area contributed by atoms with Crippen LogP contribution >= 0.6 is 0 Å². The molecule has 1 unspecified atom stereocenters. The van der Waals surface area contributed by atoms with Gasteiger partial charge < -0.3 is 30.5 Å². The minimum atomic E-state index is -0.654. The van der Waals surface area contributed by atoms with Crippen molar-refractivity contribution in [3.05, 3.63) is 48.0 Å². The topological polar surface area (TPSA) is 139 Å². The van der Waals surface area contributed by atoms with E-state index in [9.17, 15) is 24.9 Å². The summed E-state index contributed by atoms with van der Waals surface area (Å²) in [5.41, 5.74) is 6.38. The molecule has 234 valence electrons. The summed E-state index contributed by atoms with van der Waals surface area (Å²) >= 11 is 0. The van der Waals surface area contributed by atoms with Gasteiger partial charge in [-0.25, -0.2) is 0 Å². The van der Waals surface area contributed by atoms with E-state index in [-0.39, 0.29) is 56.4 Å². The number of aryl methyl sites for hydroxylation is 1. The highest BCUT2D eigenvalue weighted by atomic mass is 16.5. The number of ether oxygens (including phenoxy) is 2. The Morgan fingerprint density at radius 2 is 1.69 bits per heavy atom. The number of allylic oxidation sites excluding steroid dienone is 2. The Morgan fingerprint density at radius 3 is 2.33 bits per heavy atom. The molecule has 1 aromatic carbocycles. The second kappa shape index (κ2) is 19.5. The molecule has 1 fully saturated rings. The molecule has 0 heterocycles. The normalized spacial score (nSPS) is 22.4. The zero-order valence-corrected chi connectivity index (χ0v) is 25.2. The van der Waals surface area contributed by atoms with Crippen LogP contribution in [0.1, 0.15) is 83.1 Å². The average Bonchev–Trinajstić information content (AvgIpc) is 3.26. The molecule has 0 amide bonds. The molecule has 8 heteroatoms. The predicted molar refractivity (Wildman–Crippen MR) is 163 cm³/mol. The number of unbranched alkanes of at least 4 members (excludes halogenated alkanes) is 2. The lowest BCUT2D eigenvalue weighted by Gasteiger charge is -2.26. The molecule has 0 aromatic heterocycles. The Hall–Kier alpha value is -2.70. The van der Waals surface area contributed by atoms with Crippen LogP contribution in [-0.2, 0) is 25.5 Å². The van der Waals surface area contributed by atoms with Crippen LogP contribution in [0.5, 0.6) is 0 Å². The summed E-state index contributed by atoms with van der Waals surface area (Å²) in [5.74, 6) is 1.71. The van der Waals surface area contributed by atoms with E-state index in [2.05, 4.69) is 18.1 Å². The van der Waals surface area contributed by atoms with Gasteiger partial charge >= 0.3 is 11.9 Å². The van der Waals surface area contributed by atoms with Gasteiger partial charge in [0.1, 0.15) is 13.2 Å². The Bertz CT molecular complexity index is 991. The van der Waals surface area contributed by atoms with Gasteiger partial charge in [0, 0.05) is 31.2 Å². The lowest BCUT2D eigenvalue weighted by molar-refractivity contribution is -0.153. The monoisotopic (exact) mass is 585 g/mol. The van der Waals surface area contributed by atoms with E-state index < -0.39 is 23.7 Å². The standard InChI is InChI=1S/C34H51NO7/c1-3-4-8-16-32(39)41-24-34(2,23-35)25-42-33(40)17-12-6-5-11-15-28-29(31(38)22-30(28)37)21-20-27(36)19-18-26-13-9-7-10-14-26/h1,5,7,9-11,13-14,27-31,36-38H,4,6,8,12,15-25,35H2,2H3/b11-5-/t27-,28+,29+,30-,31+,34?/m0/s1. The lowest BCUT2D eigenvalue weighted by Crippen LogP contribution is -2.38. The Kier molecular flexibility index (Phi) is 16.5. The summed E-state index contributed by atoms with van der Waals surface area (Å²) in [6.07, 6.45) is 14.3. The second-order valence-corrected chi connectivity index (χ2v) is 11.9. The van der Waals surface area contributed by atoms with E-state index in [0.717, 1.165) is 6.42 Å². The van der Waals surface area contributed by atoms with E-state index >= 15 is 0 Å². The van der Waals surface area contributed by atoms with Crippen molar-refractivity contribution in [3.63, 3.8) is 0 Å². The third-order valence-corrected chi connectivity index (χ3v) is 8.15. The number of hydrogen-bond donors (Lipinski definition) is 4. The van der Waals surface area contributed by atoms with Crippen LogP contribution in [0.2, 0.25) is 0 Å². The highest BCUT2D eigenvalue weighted by Gasteiger charge is 2.40. The summed E-state index contributed by atoms with van der Waals surface area (Å²) in [5, 5.41) is 31.5. The van der Waals surface area contributed by atoms with E-state index in [0.29, 0.717) is 57.8 Å². The lowest BCUT2D eigenvalue weighted by atomic mass is 9.85. The van der Waals surface area contributed by atoms with Crippen molar-refractivity contribution < 1.29 is 34.4 Å². The molecule has 0 radical (unpaired) electrons. The number of terminal acetylenes is 1. The summed E-state index contributed by atoms with van der Waals surface area (Å²) in [6.45, 7) is 2.16. The zero-order valence-electron chi connectivity index (χ0n) is 25.2. The van der Waals surface area contributed by atoms with Crippen LogP contribution in [-0.4, -0.2) is 65.3 Å². The Morgan fingerprint density at radius 1 is 1.05 bits per heavy atom. The number of carbonyl (C=O) groups is 2. The first-order valence-corrected chi connectivity index (χ1v) is 15.4. The highest BCUT2D eigenvalue weighted by molar-refractivity contribution is 5.70. The van der Waals surface area contributed by atoms with Crippen molar-refractivity contribution >= 4 is 11.9 Å². The van der Waals surface area contributed by atoms with E-state index in [1.807, 2.05) is 37.3 Å². The molecule has 1 aromatic rings. The number of aliphatic hydroxyl groups excluding tert-OH is 3. The first-order valence-electron chi connectivity index (χ1n) is 15.4. The Balaban J connectivity index is 1.65. The minimum Gasteiger partial charge on any atom is -0.465 e. The molecule has 1 aliphatic rings. The number of esters is 2. The number of rotatable bonds is 20. The zero-order chi connectivity index (χ0) is 30.8. The molecule has 0 bridgehead atoms. The van der Waals surface area contributed by atoms with Crippen molar-refractivity contribution in [2.45, 2.75) is 102 Å². The number of carbonyl (C=O) groups excluding carboxylic acids is 2. The van der Waals surface area contributed by atoms with Crippen LogP contribution in [0.3, 0.4) is 0 Å². The molecule has 8 nitrogen and oxygen atoms in total. The summed E-state index contributed by atoms with van der Waals surface area (Å²) < 4.78 is 10.7. The fourth-order valence-corrected chi connectivity index (χ4v) is 5.30. The van der Waals surface area contributed by atoms with Gasteiger partial charge in [0.2, 0.25) is 0 Å². The van der Waals surface area contributed by atoms with Crippen LogP contribution in [0.25, 0.3) is 0 Å². The molecule has 1 saturated carbocycles. The van der Waals surface area contributed by atoms with Crippen LogP contribution in [0.4, 0.5) is 0 Å². The largest absolute Gasteiger partial charge is 0.465 e. The van der Waals surface area contributed by atoms with Crippen molar-refractivity contribution in [2.24, 2.45) is 23.0 Å². The van der Waals surface area contributed by atoms with Crippen molar-refractivity contribution in [2.75, 3.05) is 19.8 Å². The van der Waals surface area contributed by atoms with Gasteiger partial charge in [-0.2, -0.15) is 0 Å². The fourth-order valence-electron chi connectivity index (χ4n) is 5.30. The maximum Gasteiger partial charge on any atom is 0.305 e. The van der Waals surface area contributed by atoms with Gasteiger partial charge in [0.05, 0.1) is 18.3 Å². The maximum atomic E-state index is 12.2. The molecule has 0 saturated heterocycles. The summed E-state index contributed by atoms with van der Waals surface area (Å²) in [4.78, 5) is 24.1. The van der Waals surface area contributed by atoms with E-state index in [1.165, 1.54) is 5.56 Å². The number of benzene rings is 1. The van der Waals surface area contributed by atoms with Crippen LogP contribution in [0.15, 0.2) is 42.5 Å². The number of nitrogens with two attached hydrogens (primary N) is 1. The first-order chi connectivity index (χ1) is 20.2. The van der Waals surface area contributed by atoms with Gasteiger partial charge in [-0.15, -0.1) is 12.3 Å². The Labute approximate surface area is 251 Å². The first kappa shape index (κ1) is 35.5.